The van der Waals surface area contributed by atoms with Gasteiger partial charge in [0.25, 0.3) is 0 Å². The first-order chi connectivity index (χ1) is 13.5. The number of fused-ring (bicyclic) bond motifs is 1. The minimum atomic E-state index is -0.255. The summed E-state index contributed by atoms with van der Waals surface area (Å²) in [5.74, 6) is 1.34. The molecule has 1 atom stereocenters. The number of aromatic nitrogens is 1. The Kier molecular flexibility index (Phi) is 5.72. The van der Waals surface area contributed by atoms with Crippen molar-refractivity contribution in [1.82, 2.24) is 14.8 Å². The minimum absolute atomic E-state index is 0.172. The predicted molar refractivity (Wildman–Crippen MR) is 111 cm³/mol. The van der Waals surface area contributed by atoms with Crippen LogP contribution in [0.3, 0.4) is 0 Å². The van der Waals surface area contributed by atoms with Gasteiger partial charge in [-0.25, -0.2) is 4.39 Å². The first-order valence-corrected chi connectivity index (χ1v) is 10.8. The molecule has 5 heteroatoms. The molecule has 4 nitrogen and oxygen atoms in total. The van der Waals surface area contributed by atoms with E-state index in [4.69, 9.17) is 0 Å². The Hall–Kier alpha value is -1.88. The lowest BCUT2D eigenvalue weighted by atomic mass is 9.94. The predicted octanol–water partition coefficient (Wildman–Crippen LogP) is 4.13. The summed E-state index contributed by atoms with van der Waals surface area (Å²) < 4.78 is 13.7. The van der Waals surface area contributed by atoms with Gasteiger partial charge in [0.15, 0.2) is 0 Å². The highest BCUT2D eigenvalue weighted by Crippen LogP contribution is 2.26. The smallest absolute Gasteiger partial charge is 0.227 e. The fourth-order valence-corrected chi connectivity index (χ4v) is 4.90. The average Bonchev–Trinajstić information content (AvgIpc) is 2.99. The number of hydrogen-bond acceptors (Lipinski definition) is 2. The van der Waals surface area contributed by atoms with Crippen LogP contribution in [0.1, 0.15) is 43.9 Å². The van der Waals surface area contributed by atoms with Gasteiger partial charge in [0.05, 0.1) is 6.42 Å². The number of aromatic amines is 1. The molecule has 2 aromatic rings. The molecule has 2 fully saturated rings. The Morgan fingerprint density at radius 2 is 2.00 bits per heavy atom. The Bertz CT molecular complexity index is 838. The molecule has 3 heterocycles. The first kappa shape index (κ1) is 19.4. The SMILES string of the molecule is Cc1[nH]c2ccc(F)cc2c1CC(=O)N1CCCC(CN2CCC(C)CC2)C1. The van der Waals surface area contributed by atoms with E-state index >= 15 is 0 Å². The molecule has 2 saturated heterocycles. The number of piperidine rings is 2. The highest BCUT2D eigenvalue weighted by molar-refractivity contribution is 5.90. The van der Waals surface area contributed by atoms with Crippen LogP contribution in [0.15, 0.2) is 18.2 Å². The molecule has 1 unspecified atom stereocenters. The lowest BCUT2D eigenvalue weighted by Crippen LogP contribution is -2.45. The summed E-state index contributed by atoms with van der Waals surface area (Å²) in [7, 11) is 0. The number of aryl methyl sites for hydroxylation is 1. The molecule has 0 saturated carbocycles. The van der Waals surface area contributed by atoms with Gasteiger partial charge in [0, 0.05) is 36.2 Å². The second kappa shape index (κ2) is 8.24. The first-order valence-electron chi connectivity index (χ1n) is 10.8. The molecule has 0 bridgehead atoms. The molecule has 0 aliphatic carbocycles. The van der Waals surface area contributed by atoms with Gasteiger partial charge < -0.3 is 14.8 Å². The largest absolute Gasteiger partial charge is 0.358 e. The van der Waals surface area contributed by atoms with Crippen LogP contribution in [0, 0.1) is 24.6 Å². The van der Waals surface area contributed by atoms with E-state index in [1.807, 2.05) is 11.8 Å². The number of hydrogen-bond donors (Lipinski definition) is 1. The molecule has 1 aromatic carbocycles. The van der Waals surface area contributed by atoms with Crippen LogP contribution in [0.4, 0.5) is 4.39 Å². The van der Waals surface area contributed by atoms with Crippen molar-refractivity contribution in [2.45, 2.75) is 46.0 Å². The zero-order chi connectivity index (χ0) is 19.7. The van der Waals surface area contributed by atoms with Gasteiger partial charge in [0.1, 0.15) is 5.82 Å². The zero-order valence-electron chi connectivity index (χ0n) is 17.1. The quantitative estimate of drug-likeness (QED) is 0.860. The highest BCUT2D eigenvalue weighted by atomic mass is 19.1. The average molecular weight is 386 g/mol. The number of nitrogens with one attached hydrogen (secondary N) is 1. The van der Waals surface area contributed by atoms with Crippen molar-refractivity contribution in [3.8, 4) is 0 Å². The standard InChI is InChI=1S/C23H32FN3O/c1-16-7-10-26(11-8-16)14-18-4-3-9-27(15-18)23(28)13-20-17(2)25-22-6-5-19(24)12-21(20)22/h5-6,12,16,18,25H,3-4,7-11,13-15H2,1-2H3. The van der Waals surface area contributed by atoms with Crippen LogP contribution in [-0.2, 0) is 11.2 Å². The van der Waals surface area contributed by atoms with Crippen LogP contribution in [0.2, 0.25) is 0 Å². The summed E-state index contributed by atoms with van der Waals surface area (Å²) in [6.45, 7) is 9.54. The number of rotatable bonds is 4. The third-order valence-electron chi connectivity index (χ3n) is 6.67. The number of likely N-dealkylation sites (tertiary alicyclic amines) is 2. The maximum atomic E-state index is 13.7. The number of amides is 1. The molecule has 28 heavy (non-hydrogen) atoms. The maximum absolute atomic E-state index is 13.7. The van der Waals surface area contributed by atoms with E-state index in [1.165, 1.54) is 44.5 Å². The molecule has 152 valence electrons. The molecule has 1 N–H and O–H groups in total. The minimum Gasteiger partial charge on any atom is -0.358 e. The number of benzene rings is 1. The van der Waals surface area contributed by atoms with Crippen LogP contribution in [-0.4, -0.2) is 53.4 Å². The molecular weight excluding hydrogens is 353 g/mol. The topological polar surface area (TPSA) is 39.3 Å². The molecule has 2 aliphatic rings. The number of H-pyrrole nitrogens is 1. The lowest BCUT2D eigenvalue weighted by Gasteiger charge is -2.38. The fourth-order valence-electron chi connectivity index (χ4n) is 4.90. The van der Waals surface area contributed by atoms with Crippen molar-refractivity contribution in [2.75, 3.05) is 32.7 Å². The van der Waals surface area contributed by atoms with E-state index < -0.39 is 0 Å². The second-order valence-electron chi connectivity index (χ2n) is 8.93. The molecule has 1 amide bonds. The van der Waals surface area contributed by atoms with Crippen LogP contribution >= 0.6 is 0 Å². The molecule has 2 aliphatic heterocycles. The molecular formula is C23H32FN3O. The molecule has 4 rings (SSSR count). The van der Waals surface area contributed by atoms with E-state index in [2.05, 4.69) is 16.8 Å². The lowest BCUT2D eigenvalue weighted by molar-refractivity contribution is -0.132. The molecule has 1 aromatic heterocycles. The van der Waals surface area contributed by atoms with Crippen LogP contribution in [0.25, 0.3) is 10.9 Å². The number of carbonyl (C=O) groups excluding carboxylic acids is 1. The van der Waals surface area contributed by atoms with Crippen molar-refractivity contribution >= 4 is 16.8 Å². The zero-order valence-corrected chi connectivity index (χ0v) is 17.1. The second-order valence-corrected chi connectivity index (χ2v) is 8.93. The van der Waals surface area contributed by atoms with Gasteiger partial charge in [-0.05, 0) is 81.3 Å². The van der Waals surface area contributed by atoms with Crippen molar-refractivity contribution < 1.29 is 9.18 Å². The third-order valence-corrected chi connectivity index (χ3v) is 6.67. The summed E-state index contributed by atoms with van der Waals surface area (Å²) in [5.41, 5.74) is 2.80. The Balaban J connectivity index is 1.39. The van der Waals surface area contributed by atoms with Crippen molar-refractivity contribution in [2.24, 2.45) is 11.8 Å². The van der Waals surface area contributed by atoms with E-state index in [1.54, 1.807) is 6.07 Å². The maximum Gasteiger partial charge on any atom is 0.227 e. The van der Waals surface area contributed by atoms with Crippen LogP contribution < -0.4 is 0 Å². The number of halogens is 1. The van der Waals surface area contributed by atoms with Gasteiger partial charge in [-0.3, -0.25) is 4.79 Å². The van der Waals surface area contributed by atoms with Crippen molar-refractivity contribution in [3.05, 3.63) is 35.3 Å². The van der Waals surface area contributed by atoms with Crippen molar-refractivity contribution in [1.29, 1.82) is 0 Å². The normalized spacial score (nSPS) is 22.1. The summed E-state index contributed by atoms with van der Waals surface area (Å²) in [6.07, 6.45) is 5.25. The van der Waals surface area contributed by atoms with Gasteiger partial charge in [-0.1, -0.05) is 6.92 Å². The molecule has 0 spiro atoms. The van der Waals surface area contributed by atoms with Gasteiger partial charge in [-0.15, -0.1) is 0 Å². The van der Waals surface area contributed by atoms with E-state index in [-0.39, 0.29) is 11.7 Å². The number of nitrogens with zero attached hydrogens (tertiary/aromatic N) is 2. The fraction of sp³-hybridized carbons (Fsp3) is 0.609. The summed E-state index contributed by atoms with van der Waals surface area (Å²) in [6, 6.07) is 4.75. The summed E-state index contributed by atoms with van der Waals surface area (Å²) in [5, 5.41) is 0.835. The van der Waals surface area contributed by atoms with Crippen molar-refractivity contribution in [3.63, 3.8) is 0 Å². The van der Waals surface area contributed by atoms with Crippen LogP contribution in [0.5, 0.6) is 0 Å². The van der Waals surface area contributed by atoms with Gasteiger partial charge in [0.2, 0.25) is 5.91 Å². The summed E-state index contributed by atoms with van der Waals surface area (Å²) >= 11 is 0. The monoisotopic (exact) mass is 385 g/mol. The summed E-state index contributed by atoms with van der Waals surface area (Å²) in [4.78, 5) is 20.9. The van der Waals surface area contributed by atoms with E-state index in [0.717, 1.165) is 54.1 Å². The highest BCUT2D eigenvalue weighted by Gasteiger charge is 2.27. The third kappa shape index (κ3) is 4.24. The van der Waals surface area contributed by atoms with E-state index in [9.17, 15) is 9.18 Å². The van der Waals surface area contributed by atoms with Gasteiger partial charge in [-0.2, -0.15) is 0 Å². The Morgan fingerprint density at radius 1 is 1.21 bits per heavy atom. The van der Waals surface area contributed by atoms with E-state index in [0.29, 0.717) is 12.3 Å². The molecule has 0 radical (unpaired) electrons. The Labute approximate surface area is 167 Å². The number of carbonyl (C=O) groups is 1. The Morgan fingerprint density at radius 3 is 2.79 bits per heavy atom. The van der Waals surface area contributed by atoms with Gasteiger partial charge >= 0.3 is 0 Å².